The van der Waals surface area contributed by atoms with Gasteiger partial charge in [-0.2, -0.15) is 4.52 Å². The van der Waals surface area contributed by atoms with Gasteiger partial charge in [0.2, 0.25) is 5.91 Å². The summed E-state index contributed by atoms with van der Waals surface area (Å²) in [5, 5.41) is 2.64. The average Bonchev–Trinajstić information content (AvgIpc) is 2.87. The molecule has 1 N–H and O–H groups in total. The largest absolute Gasteiger partial charge is 0.341 e. The minimum atomic E-state index is -0.478. The Balaban J connectivity index is 1.70. The van der Waals surface area contributed by atoms with E-state index in [2.05, 4.69) is 15.1 Å². The molecular weight excluding hydrogens is 300 g/mol. The van der Waals surface area contributed by atoms with Crippen LogP contribution >= 0.6 is 0 Å². The van der Waals surface area contributed by atoms with Crippen LogP contribution in [0.3, 0.4) is 0 Å². The predicted octanol–water partition coefficient (Wildman–Crippen LogP) is -0.890. The standard InChI is InChI=1S/C14H16N6O3/c1-18-9-3-2-8(11(18)21)5-19(6-9)12(22)10-4-15-14-16-7-17-20(14)13(10)23/h4,7-9H,2-3,5-6H2,1H3,(H,15,16,17)/t8-,9+/m1/s1. The zero-order valence-electron chi connectivity index (χ0n) is 12.6. The van der Waals surface area contributed by atoms with E-state index >= 15 is 0 Å². The van der Waals surface area contributed by atoms with Gasteiger partial charge in [-0.1, -0.05) is 0 Å². The van der Waals surface area contributed by atoms with Crippen LogP contribution in [0.5, 0.6) is 0 Å². The number of aromatic amines is 1. The van der Waals surface area contributed by atoms with Gasteiger partial charge in [0.15, 0.2) is 0 Å². The SMILES string of the molecule is CN1C(=O)[C@@H]2CC[C@H]1CN(C(=O)c1cnc3nc[nH]n3c1=O)C2. The van der Waals surface area contributed by atoms with Gasteiger partial charge in [-0.05, 0) is 12.8 Å². The fourth-order valence-electron chi connectivity index (χ4n) is 3.44. The molecular formula is C14H16N6O3. The minimum Gasteiger partial charge on any atom is -0.341 e. The molecule has 0 saturated carbocycles. The third kappa shape index (κ3) is 2.03. The minimum absolute atomic E-state index is 0.0109. The lowest BCUT2D eigenvalue weighted by Crippen LogP contribution is -2.45. The highest BCUT2D eigenvalue weighted by molar-refractivity contribution is 5.94. The Morgan fingerprint density at radius 2 is 2.09 bits per heavy atom. The number of hydrogen-bond acceptors (Lipinski definition) is 5. The second kappa shape index (κ2) is 4.90. The summed E-state index contributed by atoms with van der Waals surface area (Å²) < 4.78 is 1.14. The van der Waals surface area contributed by atoms with Crippen LogP contribution in [-0.4, -0.2) is 67.4 Å². The first-order valence-electron chi connectivity index (χ1n) is 7.53. The van der Waals surface area contributed by atoms with Crippen molar-refractivity contribution in [2.75, 3.05) is 20.1 Å². The molecule has 2 amide bonds. The van der Waals surface area contributed by atoms with Gasteiger partial charge in [-0.3, -0.25) is 19.5 Å². The van der Waals surface area contributed by atoms with E-state index in [0.29, 0.717) is 13.1 Å². The zero-order chi connectivity index (χ0) is 16.1. The third-order valence-electron chi connectivity index (χ3n) is 4.79. The van der Waals surface area contributed by atoms with Gasteiger partial charge in [0.05, 0.1) is 5.92 Å². The Morgan fingerprint density at radius 3 is 2.91 bits per heavy atom. The number of nitrogens with zero attached hydrogens (tertiary/aromatic N) is 5. The molecule has 0 aliphatic carbocycles. The van der Waals surface area contributed by atoms with E-state index in [9.17, 15) is 14.4 Å². The van der Waals surface area contributed by atoms with Crippen LogP contribution in [0.2, 0.25) is 0 Å². The van der Waals surface area contributed by atoms with Gasteiger partial charge in [0, 0.05) is 32.4 Å². The highest BCUT2D eigenvalue weighted by Gasteiger charge is 2.40. The van der Waals surface area contributed by atoms with Crippen LogP contribution in [0.1, 0.15) is 23.2 Å². The number of piperidine rings is 1. The first kappa shape index (κ1) is 13.9. The van der Waals surface area contributed by atoms with Crippen molar-refractivity contribution in [3.05, 3.63) is 28.4 Å². The molecule has 9 nitrogen and oxygen atoms in total. The van der Waals surface area contributed by atoms with E-state index in [4.69, 9.17) is 0 Å². The van der Waals surface area contributed by atoms with Crippen molar-refractivity contribution in [2.24, 2.45) is 5.92 Å². The first-order chi connectivity index (χ1) is 11.1. The maximum atomic E-state index is 12.8. The molecule has 2 bridgehead atoms. The van der Waals surface area contributed by atoms with Gasteiger partial charge < -0.3 is 9.80 Å². The summed E-state index contributed by atoms with van der Waals surface area (Å²) >= 11 is 0. The number of fused-ring (bicyclic) bond motifs is 5. The topological polar surface area (TPSA) is 104 Å². The highest BCUT2D eigenvalue weighted by Crippen LogP contribution is 2.28. The van der Waals surface area contributed by atoms with E-state index < -0.39 is 5.56 Å². The Kier molecular flexibility index (Phi) is 2.97. The molecule has 0 unspecified atom stereocenters. The number of rotatable bonds is 1. The fourth-order valence-corrected chi connectivity index (χ4v) is 3.44. The predicted molar refractivity (Wildman–Crippen MR) is 78.8 cm³/mol. The number of amides is 2. The van der Waals surface area contributed by atoms with Gasteiger partial charge >= 0.3 is 0 Å². The lowest BCUT2D eigenvalue weighted by Gasteiger charge is -2.32. The molecule has 120 valence electrons. The molecule has 0 radical (unpaired) electrons. The average molecular weight is 316 g/mol. The van der Waals surface area contributed by atoms with E-state index in [0.717, 1.165) is 17.4 Å². The Morgan fingerprint density at radius 1 is 1.26 bits per heavy atom. The number of aromatic nitrogens is 4. The van der Waals surface area contributed by atoms with Crippen LogP contribution < -0.4 is 5.56 Å². The molecule has 23 heavy (non-hydrogen) atoms. The van der Waals surface area contributed by atoms with Gasteiger partial charge in [-0.25, -0.2) is 9.97 Å². The van der Waals surface area contributed by atoms with Crippen molar-refractivity contribution in [3.8, 4) is 0 Å². The smallest absolute Gasteiger partial charge is 0.286 e. The second-order valence-electron chi connectivity index (χ2n) is 6.09. The van der Waals surface area contributed by atoms with Gasteiger partial charge in [-0.15, -0.1) is 0 Å². The summed E-state index contributed by atoms with van der Waals surface area (Å²) in [6, 6.07) is 0.0109. The monoisotopic (exact) mass is 316 g/mol. The second-order valence-corrected chi connectivity index (χ2v) is 6.09. The van der Waals surface area contributed by atoms with Gasteiger partial charge in [0.25, 0.3) is 17.2 Å². The van der Waals surface area contributed by atoms with E-state index in [1.54, 1.807) is 16.8 Å². The summed E-state index contributed by atoms with van der Waals surface area (Å²) in [6.45, 7) is 0.798. The number of H-pyrrole nitrogens is 1. The van der Waals surface area contributed by atoms with E-state index in [-0.39, 0.29) is 35.1 Å². The number of carbonyl (C=O) groups is 2. The molecule has 3 aliphatic rings. The molecule has 5 heterocycles. The normalized spacial score (nSPS) is 24.3. The Labute approximate surface area is 130 Å². The molecule has 0 spiro atoms. The molecule has 5 rings (SSSR count). The van der Waals surface area contributed by atoms with Crippen LogP contribution in [0, 0.1) is 5.92 Å². The maximum absolute atomic E-state index is 12.8. The lowest BCUT2D eigenvalue weighted by atomic mass is 9.95. The highest BCUT2D eigenvalue weighted by atomic mass is 16.2. The van der Waals surface area contributed by atoms with Crippen molar-refractivity contribution in [2.45, 2.75) is 18.9 Å². The molecule has 2 aromatic heterocycles. The van der Waals surface area contributed by atoms with Crippen LogP contribution in [0.15, 0.2) is 17.3 Å². The van der Waals surface area contributed by atoms with Crippen molar-refractivity contribution < 1.29 is 9.59 Å². The molecule has 0 aromatic carbocycles. The molecule has 2 aromatic rings. The van der Waals surface area contributed by atoms with E-state index in [1.165, 1.54) is 12.5 Å². The number of likely N-dealkylation sites (N-methyl/N-ethyl adjacent to an activating group) is 1. The van der Waals surface area contributed by atoms with Crippen LogP contribution in [0.4, 0.5) is 0 Å². The molecule has 3 aliphatic heterocycles. The number of carbonyl (C=O) groups excluding carboxylic acids is 2. The molecule has 9 heteroatoms. The maximum Gasteiger partial charge on any atom is 0.286 e. The first-order valence-corrected chi connectivity index (χ1v) is 7.53. The lowest BCUT2D eigenvalue weighted by molar-refractivity contribution is -0.138. The number of hydrogen-bond donors (Lipinski definition) is 1. The Hall–Kier alpha value is -2.71. The van der Waals surface area contributed by atoms with Gasteiger partial charge in [0.1, 0.15) is 11.9 Å². The summed E-state index contributed by atoms with van der Waals surface area (Å²) in [5.41, 5.74) is -0.489. The Bertz CT molecular complexity index is 856. The third-order valence-corrected chi connectivity index (χ3v) is 4.79. The van der Waals surface area contributed by atoms with Crippen molar-refractivity contribution in [1.29, 1.82) is 0 Å². The zero-order valence-corrected chi connectivity index (χ0v) is 12.6. The van der Waals surface area contributed by atoms with E-state index in [1.807, 2.05) is 0 Å². The van der Waals surface area contributed by atoms with Crippen LogP contribution in [-0.2, 0) is 4.79 Å². The molecule has 2 atom stereocenters. The quantitative estimate of drug-likeness (QED) is 0.735. The summed E-state index contributed by atoms with van der Waals surface area (Å²) in [5.74, 6) is -0.270. The van der Waals surface area contributed by atoms with Crippen molar-refractivity contribution in [3.63, 3.8) is 0 Å². The van der Waals surface area contributed by atoms with Crippen LogP contribution in [0.25, 0.3) is 5.78 Å². The van der Waals surface area contributed by atoms with Crippen molar-refractivity contribution in [1.82, 2.24) is 29.4 Å². The molecule has 3 fully saturated rings. The summed E-state index contributed by atoms with van der Waals surface area (Å²) in [6.07, 6.45) is 4.28. The molecule has 3 saturated heterocycles. The summed E-state index contributed by atoms with van der Waals surface area (Å²) in [4.78, 5) is 48.6. The fraction of sp³-hybridized carbons (Fsp3) is 0.500. The summed E-state index contributed by atoms with van der Waals surface area (Å²) in [7, 11) is 1.78. The van der Waals surface area contributed by atoms with Crippen molar-refractivity contribution >= 4 is 17.6 Å². The number of nitrogens with one attached hydrogen (secondary N) is 1.